The molecule has 1 atom stereocenters. The molecule has 2 aromatic heterocycles. The summed E-state index contributed by atoms with van der Waals surface area (Å²) in [6.07, 6.45) is 5.22. The second-order valence-corrected chi connectivity index (χ2v) is 4.86. The van der Waals surface area contributed by atoms with Crippen LogP contribution in [-0.4, -0.2) is 9.97 Å². The summed E-state index contributed by atoms with van der Waals surface area (Å²) in [6, 6.07) is 2.16. The minimum absolute atomic E-state index is 1.09. The van der Waals surface area contributed by atoms with E-state index in [0.29, 0.717) is 0 Å². The van der Waals surface area contributed by atoms with Gasteiger partial charge in [-0.3, -0.25) is 0 Å². The molecule has 0 saturated heterocycles. The highest BCUT2D eigenvalue weighted by atomic mass is 32.1. The molecule has 13 heavy (non-hydrogen) atoms. The van der Waals surface area contributed by atoms with Crippen molar-refractivity contribution in [3.8, 4) is 10.4 Å². The summed E-state index contributed by atoms with van der Waals surface area (Å²) in [4.78, 5) is 9.20. The lowest BCUT2D eigenvalue weighted by molar-refractivity contribution is 1.17. The van der Waals surface area contributed by atoms with Gasteiger partial charge in [0.15, 0.2) is 0 Å². The first-order chi connectivity index (χ1) is 6.27. The van der Waals surface area contributed by atoms with Gasteiger partial charge in [-0.25, -0.2) is 9.97 Å². The molecule has 0 bridgehead atoms. The lowest BCUT2D eigenvalue weighted by atomic mass is 10.2. The summed E-state index contributed by atoms with van der Waals surface area (Å²) in [7, 11) is 2.74. The van der Waals surface area contributed by atoms with Crippen LogP contribution in [0.4, 0.5) is 0 Å². The minimum Gasteiger partial charge on any atom is -0.244 e. The van der Waals surface area contributed by atoms with Gasteiger partial charge in [0.25, 0.3) is 0 Å². The molecule has 66 valence electrons. The van der Waals surface area contributed by atoms with Crippen LogP contribution in [0.5, 0.6) is 0 Å². The van der Waals surface area contributed by atoms with E-state index in [1.165, 1.54) is 15.1 Å². The maximum absolute atomic E-state index is 3.99. The number of aryl methyl sites for hydroxylation is 1. The van der Waals surface area contributed by atoms with Crippen molar-refractivity contribution in [3.63, 3.8) is 0 Å². The smallest absolute Gasteiger partial charge is 0.115 e. The van der Waals surface area contributed by atoms with Crippen LogP contribution >= 0.6 is 20.6 Å². The molecule has 2 aromatic rings. The van der Waals surface area contributed by atoms with Gasteiger partial charge in [0.2, 0.25) is 0 Å². The van der Waals surface area contributed by atoms with Crippen molar-refractivity contribution in [2.24, 2.45) is 0 Å². The van der Waals surface area contributed by atoms with E-state index < -0.39 is 0 Å². The average Bonchev–Trinajstić information content (AvgIpc) is 2.49. The van der Waals surface area contributed by atoms with Crippen molar-refractivity contribution in [2.45, 2.75) is 6.92 Å². The number of rotatable bonds is 1. The number of nitrogens with zero attached hydrogens (tertiary/aromatic N) is 2. The third-order valence-corrected chi connectivity index (χ3v) is 3.73. The molecule has 0 N–H and O–H groups in total. The summed E-state index contributed by atoms with van der Waals surface area (Å²) in [6.45, 7) is 2.10. The zero-order chi connectivity index (χ0) is 9.26. The second kappa shape index (κ2) is 3.52. The fraction of sp³-hybridized carbons (Fsp3) is 0.111. The first-order valence-electron chi connectivity index (χ1n) is 3.88. The number of hydrogen-bond donors (Lipinski definition) is 0. The van der Waals surface area contributed by atoms with Crippen LogP contribution in [0, 0.1) is 6.92 Å². The van der Waals surface area contributed by atoms with Gasteiger partial charge in [-0.05, 0) is 18.6 Å². The fourth-order valence-electron chi connectivity index (χ4n) is 1.06. The van der Waals surface area contributed by atoms with Crippen molar-refractivity contribution in [3.05, 3.63) is 30.4 Å². The monoisotopic (exact) mass is 208 g/mol. The Morgan fingerprint density at radius 2 is 2.00 bits per heavy atom. The molecular weight excluding hydrogens is 199 g/mol. The Kier molecular flexibility index (Phi) is 2.38. The molecule has 0 spiro atoms. The van der Waals surface area contributed by atoms with Gasteiger partial charge in [-0.2, -0.15) is 0 Å². The van der Waals surface area contributed by atoms with Crippen LogP contribution < -0.4 is 4.62 Å². The Bertz CT molecular complexity index is 391. The molecule has 0 aliphatic carbocycles. The summed E-state index contributed by atoms with van der Waals surface area (Å²) in [5, 5.41) is 0. The Labute approximate surface area is 83.3 Å². The number of aromatic nitrogens is 2. The van der Waals surface area contributed by atoms with Crippen molar-refractivity contribution >= 4 is 25.2 Å². The Morgan fingerprint density at radius 3 is 2.54 bits per heavy atom. The molecule has 2 nitrogen and oxygen atoms in total. The van der Waals surface area contributed by atoms with Crippen LogP contribution in [0.15, 0.2) is 24.8 Å². The third-order valence-electron chi connectivity index (χ3n) is 1.80. The van der Waals surface area contributed by atoms with Gasteiger partial charge in [0.05, 0.1) is 0 Å². The van der Waals surface area contributed by atoms with E-state index in [1.54, 1.807) is 17.7 Å². The van der Waals surface area contributed by atoms with Gasteiger partial charge in [-0.1, -0.05) is 9.24 Å². The van der Waals surface area contributed by atoms with Crippen molar-refractivity contribution in [1.29, 1.82) is 0 Å². The highest BCUT2D eigenvalue weighted by molar-refractivity contribution is 7.44. The second-order valence-electron chi connectivity index (χ2n) is 2.79. The van der Waals surface area contributed by atoms with Crippen LogP contribution in [0.25, 0.3) is 10.4 Å². The summed E-state index contributed by atoms with van der Waals surface area (Å²) in [5.74, 6) is 0. The summed E-state index contributed by atoms with van der Waals surface area (Å²) >= 11 is 1.75. The van der Waals surface area contributed by atoms with Crippen molar-refractivity contribution in [1.82, 2.24) is 9.97 Å². The molecule has 0 aliphatic heterocycles. The van der Waals surface area contributed by atoms with Crippen LogP contribution in [0.1, 0.15) is 5.56 Å². The maximum atomic E-state index is 3.99. The molecule has 0 aromatic carbocycles. The molecule has 0 saturated carbocycles. The van der Waals surface area contributed by atoms with E-state index in [0.717, 1.165) is 5.56 Å². The zero-order valence-corrected chi connectivity index (χ0v) is 9.16. The van der Waals surface area contributed by atoms with Crippen LogP contribution in [-0.2, 0) is 0 Å². The normalized spacial score (nSPS) is 10.3. The number of thiophene rings is 1. The molecule has 0 amide bonds. The minimum atomic E-state index is 1.09. The highest BCUT2D eigenvalue weighted by Crippen LogP contribution is 2.25. The SMILES string of the molecule is Cc1cc(-c2cncnc2)sc1P. The Balaban J connectivity index is 2.48. The van der Waals surface area contributed by atoms with Crippen molar-refractivity contribution in [2.75, 3.05) is 0 Å². The van der Waals surface area contributed by atoms with E-state index in [9.17, 15) is 0 Å². The lowest BCUT2D eigenvalue weighted by Crippen LogP contribution is -1.81. The predicted molar refractivity (Wildman–Crippen MR) is 59.4 cm³/mol. The van der Waals surface area contributed by atoms with Gasteiger partial charge < -0.3 is 0 Å². The third kappa shape index (κ3) is 1.77. The van der Waals surface area contributed by atoms with Crippen molar-refractivity contribution < 1.29 is 0 Å². The molecular formula is C9H9N2PS. The van der Waals surface area contributed by atoms with E-state index in [4.69, 9.17) is 0 Å². The quantitative estimate of drug-likeness (QED) is 0.670. The first kappa shape index (κ1) is 8.79. The fourth-order valence-corrected chi connectivity index (χ4v) is 2.44. The standard InChI is InChI=1S/C9H9N2PS/c1-6-2-8(13-9(6)12)7-3-10-5-11-4-7/h2-5H,12H2,1H3. The lowest BCUT2D eigenvalue weighted by Gasteiger charge is -1.92. The molecule has 1 unspecified atom stereocenters. The van der Waals surface area contributed by atoms with Gasteiger partial charge in [0, 0.05) is 27.5 Å². The highest BCUT2D eigenvalue weighted by Gasteiger charge is 2.03. The maximum Gasteiger partial charge on any atom is 0.115 e. The predicted octanol–water partition coefficient (Wildman–Crippen LogP) is 2.01. The van der Waals surface area contributed by atoms with E-state index >= 15 is 0 Å². The Morgan fingerprint density at radius 1 is 1.31 bits per heavy atom. The Hall–Kier alpha value is -0.790. The largest absolute Gasteiger partial charge is 0.244 e. The van der Waals surface area contributed by atoms with E-state index in [2.05, 4.69) is 32.2 Å². The van der Waals surface area contributed by atoms with E-state index in [1.807, 2.05) is 12.4 Å². The average molecular weight is 208 g/mol. The molecule has 4 heteroatoms. The summed E-state index contributed by atoms with van der Waals surface area (Å²) < 4.78 is 1.28. The molecule has 0 aliphatic rings. The van der Waals surface area contributed by atoms with Gasteiger partial charge in [-0.15, -0.1) is 11.3 Å². The zero-order valence-electron chi connectivity index (χ0n) is 7.19. The van der Waals surface area contributed by atoms with Crippen LogP contribution in [0.3, 0.4) is 0 Å². The molecule has 2 heterocycles. The molecule has 2 rings (SSSR count). The van der Waals surface area contributed by atoms with Gasteiger partial charge >= 0.3 is 0 Å². The van der Waals surface area contributed by atoms with E-state index in [-0.39, 0.29) is 0 Å². The topological polar surface area (TPSA) is 25.8 Å². The van der Waals surface area contributed by atoms with Gasteiger partial charge in [0.1, 0.15) is 6.33 Å². The summed E-state index contributed by atoms with van der Waals surface area (Å²) in [5.41, 5.74) is 2.39. The number of hydrogen-bond acceptors (Lipinski definition) is 3. The first-order valence-corrected chi connectivity index (χ1v) is 5.28. The molecule has 0 fully saturated rings. The molecule has 0 radical (unpaired) electrons. The van der Waals surface area contributed by atoms with Crippen LogP contribution in [0.2, 0.25) is 0 Å².